The lowest BCUT2D eigenvalue weighted by Crippen LogP contribution is -2.40. The van der Waals surface area contributed by atoms with Crippen LogP contribution in [-0.4, -0.2) is 10.5 Å². The highest BCUT2D eigenvalue weighted by Gasteiger charge is 2.27. The minimum absolute atomic E-state index is 0.128. The second-order valence-corrected chi connectivity index (χ2v) is 7.43. The summed E-state index contributed by atoms with van der Waals surface area (Å²) in [7, 11) is 0. The molecule has 0 aliphatic heterocycles. The number of unbranched alkanes of at least 4 members (excludes halogenated alkanes) is 6. The molecule has 0 saturated heterocycles. The number of hydrogen-bond donors (Lipinski definition) is 0. The molecule has 0 fully saturated rings. The quantitative estimate of drug-likeness (QED) is 0.160. The van der Waals surface area contributed by atoms with Crippen LogP contribution < -0.4 is 9.36 Å². The highest BCUT2D eigenvalue weighted by Crippen LogP contribution is 2.21. The van der Waals surface area contributed by atoms with Crippen molar-refractivity contribution in [3.8, 4) is 0 Å². The van der Waals surface area contributed by atoms with Gasteiger partial charge in [0, 0.05) is 25.7 Å². The molecule has 2 aromatic rings. The van der Waals surface area contributed by atoms with Crippen molar-refractivity contribution in [2.24, 2.45) is 20.8 Å². The molecule has 0 saturated carbocycles. The Balaban J connectivity index is 2.04. The van der Waals surface area contributed by atoms with Gasteiger partial charge in [-0.15, -0.1) is 10.2 Å². The maximum Gasteiger partial charge on any atom is 0.342 e. The van der Waals surface area contributed by atoms with E-state index in [1.807, 2.05) is 0 Å². The molecule has 0 aliphatic carbocycles. The molecular weight excluding hydrogens is 404 g/mol. The molecule has 0 radical (unpaired) electrons. The fourth-order valence-corrected chi connectivity index (χ4v) is 3.45. The third-order valence-corrected chi connectivity index (χ3v) is 5.11. The molecule has 0 N–H and O–H groups in total. The van der Waals surface area contributed by atoms with Gasteiger partial charge >= 0.3 is 11.8 Å². The first kappa shape index (κ1) is 24.4. The first-order valence-corrected chi connectivity index (χ1v) is 11.1. The Morgan fingerprint density at radius 2 is 1.13 bits per heavy atom. The van der Waals surface area contributed by atoms with E-state index in [1.165, 1.54) is 0 Å². The van der Waals surface area contributed by atoms with Crippen molar-refractivity contribution in [2.75, 3.05) is 0 Å². The molecule has 0 aromatic carbocycles. The van der Waals surface area contributed by atoms with Gasteiger partial charge in [0.2, 0.25) is 10.5 Å². The van der Waals surface area contributed by atoms with Crippen LogP contribution in [0.3, 0.4) is 0 Å². The monoisotopic (exact) mass is 436 g/mol. The molecule has 12 heteroatoms. The van der Waals surface area contributed by atoms with Crippen molar-refractivity contribution >= 4 is 11.8 Å². The van der Waals surface area contributed by atoms with Gasteiger partial charge in [-0.05, 0) is 28.6 Å². The van der Waals surface area contributed by atoms with Crippen LogP contribution in [0.25, 0.3) is 0 Å². The van der Waals surface area contributed by atoms with Crippen molar-refractivity contribution in [1.82, 2.24) is 10.5 Å². The van der Waals surface area contributed by atoms with E-state index < -0.39 is 0 Å². The lowest BCUT2D eigenvalue weighted by molar-refractivity contribution is -0.769. The van der Waals surface area contributed by atoms with Gasteiger partial charge in [-0.25, -0.2) is 10.6 Å². The SMILES string of the molecule is CCCCCC[n+]1noc(/N=N\[O-])c1CCCc1c(/N=N/[O-])on[n+]1CCCCCC. The molecule has 0 bridgehead atoms. The summed E-state index contributed by atoms with van der Waals surface area (Å²) >= 11 is 0. The highest BCUT2D eigenvalue weighted by molar-refractivity contribution is 5.25. The van der Waals surface area contributed by atoms with Gasteiger partial charge in [-0.3, -0.25) is 9.05 Å². The van der Waals surface area contributed by atoms with Crippen molar-refractivity contribution < 1.29 is 18.4 Å². The molecule has 0 aliphatic rings. The van der Waals surface area contributed by atoms with Crippen LogP contribution in [-0.2, 0) is 25.9 Å². The zero-order valence-electron chi connectivity index (χ0n) is 18.4. The number of hydrogen-bond acceptors (Lipinski definition) is 10. The predicted octanol–water partition coefficient (Wildman–Crippen LogP) is 4.74. The fourth-order valence-electron chi connectivity index (χ4n) is 3.45. The van der Waals surface area contributed by atoms with Crippen LogP contribution in [0.1, 0.15) is 83.0 Å². The maximum atomic E-state index is 10.6. The smallest absolute Gasteiger partial charge is 0.342 e. The first-order valence-electron chi connectivity index (χ1n) is 11.1. The minimum Gasteiger partial charge on any atom is -0.775 e. The van der Waals surface area contributed by atoms with E-state index >= 15 is 0 Å². The summed E-state index contributed by atoms with van der Waals surface area (Å²) in [6.45, 7) is 5.69. The van der Waals surface area contributed by atoms with E-state index in [4.69, 9.17) is 9.05 Å². The van der Waals surface area contributed by atoms with Crippen LogP contribution in [0.4, 0.5) is 11.8 Å². The minimum atomic E-state index is 0.128. The highest BCUT2D eigenvalue weighted by atomic mass is 16.5. The lowest BCUT2D eigenvalue weighted by Gasteiger charge is -1.98. The Bertz CT molecular complexity index is 752. The van der Waals surface area contributed by atoms with E-state index in [1.54, 1.807) is 9.36 Å². The molecule has 2 rings (SSSR count). The van der Waals surface area contributed by atoms with Gasteiger partial charge in [0.15, 0.2) is 13.1 Å². The number of aryl methyl sites for hydroxylation is 2. The zero-order chi connectivity index (χ0) is 22.3. The van der Waals surface area contributed by atoms with Crippen LogP contribution >= 0.6 is 0 Å². The Labute approximate surface area is 181 Å². The second-order valence-electron chi connectivity index (χ2n) is 7.43. The molecule has 2 heterocycles. The van der Waals surface area contributed by atoms with E-state index in [9.17, 15) is 10.4 Å². The standard InChI is InChI=1S/C19H32N8O4/c1-3-5-7-9-14-26-16(18(20-22-28)30-24-26)12-11-13-17-19(21-23-29)31-25-27(17)15-10-8-6-4-2/h3-15H2,1-2H3. The number of rotatable bonds is 16. The summed E-state index contributed by atoms with van der Waals surface area (Å²) in [6, 6.07) is 0. The molecule has 0 atom stereocenters. The van der Waals surface area contributed by atoms with Crippen molar-refractivity contribution in [3.05, 3.63) is 21.8 Å². The van der Waals surface area contributed by atoms with Crippen molar-refractivity contribution in [1.29, 1.82) is 0 Å². The third-order valence-electron chi connectivity index (χ3n) is 5.11. The van der Waals surface area contributed by atoms with E-state index in [2.05, 4.69) is 45.2 Å². The van der Waals surface area contributed by atoms with Gasteiger partial charge in [-0.2, -0.15) is 0 Å². The number of nitrogens with zero attached hydrogens (tertiary/aromatic N) is 8. The predicted molar refractivity (Wildman–Crippen MR) is 109 cm³/mol. The van der Waals surface area contributed by atoms with Crippen LogP contribution in [0.15, 0.2) is 29.8 Å². The largest absolute Gasteiger partial charge is 0.775 e. The molecule has 31 heavy (non-hydrogen) atoms. The molecule has 12 nitrogen and oxygen atoms in total. The van der Waals surface area contributed by atoms with Gasteiger partial charge in [0.05, 0.1) is 0 Å². The second kappa shape index (κ2) is 14.1. The van der Waals surface area contributed by atoms with Gasteiger partial charge in [0.25, 0.3) is 11.4 Å². The summed E-state index contributed by atoms with van der Waals surface area (Å²) < 4.78 is 13.9. The van der Waals surface area contributed by atoms with E-state index in [-0.39, 0.29) is 11.8 Å². The van der Waals surface area contributed by atoms with Gasteiger partial charge < -0.3 is 10.4 Å². The zero-order valence-corrected chi connectivity index (χ0v) is 18.4. The molecule has 0 unspecified atom stereocenters. The third kappa shape index (κ3) is 7.68. The Kier molecular flexibility index (Phi) is 11.1. The Morgan fingerprint density at radius 3 is 1.52 bits per heavy atom. The summed E-state index contributed by atoms with van der Waals surface area (Å²) in [5, 5.41) is 41.5. The van der Waals surface area contributed by atoms with Crippen molar-refractivity contribution in [3.63, 3.8) is 0 Å². The van der Waals surface area contributed by atoms with Gasteiger partial charge in [-0.1, -0.05) is 39.5 Å². The Hall–Kier alpha value is -2.92. The number of aromatic nitrogens is 4. The van der Waals surface area contributed by atoms with Crippen molar-refractivity contribution in [2.45, 2.75) is 97.6 Å². The van der Waals surface area contributed by atoms with E-state index in [0.29, 0.717) is 43.7 Å². The topological polar surface area (TPSA) is 155 Å². The Morgan fingerprint density at radius 1 is 0.677 bits per heavy atom. The summed E-state index contributed by atoms with van der Waals surface area (Å²) in [5.74, 6) is 0.255. The lowest BCUT2D eigenvalue weighted by atomic mass is 10.1. The maximum absolute atomic E-state index is 10.6. The van der Waals surface area contributed by atoms with Crippen LogP contribution in [0, 0.1) is 10.4 Å². The average Bonchev–Trinajstić information content (AvgIpc) is 3.33. The molecule has 0 spiro atoms. The summed E-state index contributed by atoms with van der Waals surface area (Å²) in [6.07, 6.45) is 10.5. The molecule has 0 amide bonds. The van der Waals surface area contributed by atoms with Gasteiger partial charge in [0.1, 0.15) is 0 Å². The summed E-state index contributed by atoms with van der Waals surface area (Å²) in [5.41, 5.74) is 1.43. The fraction of sp³-hybridized carbons (Fsp3) is 0.789. The van der Waals surface area contributed by atoms with Crippen LogP contribution in [0.2, 0.25) is 0 Å². The normalized spacial score (nSPS) is 11.9. The summed E-state index contributed by atoms with van der Waals surface area (Å²) in [4.78, 5) is 0. The average molecular weight is 437 g/mol. The first-order chi connectivity index (χ1) is 15.2. The molecule has 2 aromatic heterocycles. The van der Waals surface area contributed by atoms with E-state index in [0.717, 1.165) is 51.4 Å². The van der Waals surface area contributed by atoms with Crippen LogP contribution in [0.5, 0.6) is 0 Å². The molecule has 172 valence electrons. The molecular formula is C19H32N8O4.